The molecule has 2 rings (SSSR count). The Kier molecular flexibility index (Phi) is 5.87. The van der Waals surface area contributed by atoms with Gasteiger partial charge >= 0.3 is 0 Å². The van der Waals surface area contributed by atoms with Crippen LogP contribution in [-0.4, -0.2) is 15.9 Å². The molecular formula is C15H11BrClN3O3S. The number of aryl methyl sites for hydroxylation is 1. The molecule has 0 heterocycles. The Bertz CT molecular complexity index is 845. The zero-order valence-corrected chi connectivity index (χ0v) is 15.5. The first-order chi connectivity index (χ1) is 11.3. The molecule has 1 amide bonds. The Hall–Kier alpha value is -2.03. The summed E-state index contributed by atoms with van der Waals surface area (Å²) in [6.45, 7) is 1.90. The fourth-order valence-electron chi connectivity index (χ4n) is 1.82. The van der Waals surface area contributed by atoms with Gasteiger partial charge in [-0.1, -0.05) is 33.6 Å². The van der Waals surface area contributed by atoms with Gasteiger partial charge in [0.1, 0.15) is 5.69 Å². The van der Waals surface area contributed by atoms with E-state index < -0.39 is 10.8 Å². The number of hydrogen-bond donors (Lipinski definition) is 2. The van der Waals surface area contributed by atoms with Gasteiger partial charge < -0.3 is 5.32 Å². The lowest BCUT2D eigenvalue weighted by Crippen LogP contribution is -2.34. The highest BCUT2D eigenvalue weighted by Crippen LogP contribution is 2.27. The SMILES string of the molecule is Cc1ccc(C(=O)NC(=S)Nc2ccc(Cl)cc2[N+](=O)[O-])cc1Br. The van der Waals surface area contributed by atoms with Gasteiger partial charge in [0.25, 0.3) is 11.6 Å². The van der Waals surface area contributed by atoms with Gasteiger partial charge in [-0.05, 0) is 49.0 Å². The van der Waals surface area contributed by atoms with Gasteiger partial charge in [0.2, 0.25) is 0 Å². The van der Waals surface area contributed by atoms with Crippen LogP contribution in [0.25, 0.3) is 0 Å². The molecule has 0 saturated carbocycles. The molecule has 6 nitrogen and oxygen atoms in total. The molecule has 2 aromatic rings. The number of nitro groups is 1. The van der Waals surface area contributed by atoms with Crippen molar-refractivity contribution >= 4 is 62.1 Å². The van der Waals surface area contributed by atoms with Gasteiger partial charge in [0.05, 0.1) is 4.92 Å². The summed E-state index contributed by atoms with van der Waals surface area (Å²) in [4.78, 5) is 22.6. The lowest BCUT2D eigenvalue weighted by molar-refractivity contribution is -0.383. The molecule has 0 saturated heterocycles. The van der Waals surface area contributed by atoms with E-state index in [0.717, 1.165) is 10.0 Å². The number of carbonyl (C=O) groups is 1. The smallest absolute Gasteiger partial charge is 0.294 e. The Morgan fingerprint density at radius 1 is 1.29 bits per heavy atom. The van der Waals surface area contributed by atoms with E-state index in [1.165, 1.54) is 18.2 Å². The van der Waals surface area contributed by atoms with E-state index >= 15 is 0 Å². The lowest BCUT2D eigenvalue weighted by atomic mass is 10.1. The number of nitrogens with one attached hydrogen (secondary N) is 2. The molecule has 2 aromatic carbocycles. The number of thiocarbonyl (C=S) groups is 1. The summed E-state index contributed by atoms with van der Waals surface area (Å²) in [7, 11) is 0. The molecule has 0 aliphatic heterocycles. The molecule has 0 aliphatic carbocycles. The zero-order valence-electron chi connectivity index (χ0n) is 12.3. The van der Waals surface area contributed by atoms with Crippen LogP contribution in [0.4, 0.5) is 11.4 Å². The second kappa shape index (κ2) is 7.69. The Balaban J connectivity index is 2.12. The van der Waals surface area contributed by atoms with Crippen molar-refractivity contribution < 1.29 is 9.72 Å². The van der Waals surface area contributed by atoms with Crippen molar-refractivity contribution in [2.24, 2.45) is 0 Å². The molecule has 0 unspecified atom stereocenters. The fraction of sp³-hybridized carbons (Fsp3) is 0.0667. The van der Waals surface area contributed by atoms with Crippen molar-refractivity contribution in [3.8, 4) is 0 Å². The number of amides is 1. The maximum Gasteiger partial charge on any atom is 0.294 e. The molecule has 0 spiro atoms. The van der Waals surface area contributed by atoms with Crippen molar-refractivity contribution in [1.29, 1.82) is 0 Å². The van der Waals surface area contributed by atoms with Crippen LogP contribution in [0.5, 0.6) is 0 Å². The predicted octanol–water partition coefficient (Wildman–Crippen LogP) is 4.45. The second-order valence-corrected chi connectivity index (χ2v) is 6.49. The Labute approximate surface area is 156 Å². The Morgan fingerprint density at radius 2 is 2.00 bits per heavy atom. The maximum atomic E-state index is 12.2. The lowest BCUT2D eigenvalue weighted by Gasteiger charge is -2.10. The third-order valence-electron chi connectivity index (χ3n) is 3.07. The first-order valence-electron chi connectivity index (χ1n) is 6.60. The summed E-state index contributed by atoms with van der Waals surface area (Å²) < 4.78 is 0.794. The van der Waals surface area contributed by atoms with Crippen LogP contribution in [0, 0.1) is 17.0 Å². The molecule has 0 atom stereocenters. The molecule has 0 aromatic heterocycles. The minimum absolute atomic E-state index is 0.0536. The third kappa shape index (κ3) is 4.50. The van der Waals surface area contributed by atoms with E-state index in [0.29, 0.717) is 5.56 Å². The third-order valence-corrected chi connectivity index (χ3v) is 4.36. The van der Waals surface area contributed by atoms with Crippen LogP contribution in [0.3, 0.4) is 0 Å². The average molecular weight is 429 g/mol. The summed E-state index contributed by atoms with van der Waals surface area (Å²) in [5.74, 6) is -0.426. The van der Waals surface area contributed by atoms with Gasteiger partial charge in [-0.25, -0.2) is 0 Å². The van der Waals surface area contributed by atoms with Crippen molar-refractivity contribution in [2.45, 2.75) is 6.92 Å². The van der Waals surface area contributed by atoms with Crippen molar-refractivity contribution in [3.05, 3.63) is 67.1 Å². The predicted molar refractivity (Wildman–Crippen MR) is 101 cm³/mol. The van der Waals surface area contributed by atoms with Gasteiger partial charge in [0, 0.05) is 21.1 Å². The number of anilines is 1. The highest BCUT2D eigenvalue weighted by atomic mass is 79.9. The number of carbonyl (C=O) groups excluding carboxylic acids is 1. The molecule has 2 N–H and O–H groups in total. The van der Waals surface area contributed by atoms with Gasteiger partial charge in [-0.3, -0.25) is 20.2 Å². The van der Waals surface area contributed by atoms with Crippen molar-refractivity contribution in [2.75, 3.05) is 5.32 Å². The van der Waals surface area contributed by atoms with Gasteiger partial charge in [-0.2, -0.15) is 0 Å². The largest absolute Gasteiger partial charge is 0.327 e. The Morgan fingerprint density at radius 3 is 2.62 bits per heavy atom. The minimum Gasteiger partial charge on any atom is -0.327 e. The molecule has 0 aliphatic rings. The van der Waals surface area contributed by atoms with Crippen LogP contribution >= 0.6 is 39.7 Å². The number of rotatable bonds is 3. The van der Waals surface area contributed by atoms with E-state index in [9.17, 15) is 14.9 Å². The number of halogens is 2. The molecule has 124 valence electrons. The van der Waals surface area contributed by atoms with Crippen LogP contribution in [-0.2, 0) is 0 Å². The van der Waals surface area contributed by atoms with Crippen molar-refractivity contribution in [3.63, 3.8) is 0 Å². The summed E-state index contributed by atoms with van der Waals surface area (Å²) in [5.41, 5.74) is 1.29. The summed E-state index contributed by atoms with van der Waals surface area (Å²) in [6.07, 6.45) is 0. The highest BCUT2D eigenvalue weighted by molar-refractivity contribution is 9.10. The molecule has 0 bridgehead atoms. The molecule has 0 radical (unpaired) electrons. The average Bonchev–Trinajstić information content (AvgIpc) is 2.51. The number of nitrogens with zero attached hydrogens (tertiary/aromatic N) is 1. The second-order valence-electron chi connectivity index (χ2n) is 4.79. The number of nitro benzene ring substituents is 1. The standard InChI is InChI=1S/C15H11BrClN3O3S/c1-8-2-3-9(6-11(8)16)14(21)19-15(24)18-12-5-4-10(17)7-13(12)20(22)23/h2-7H,1H3,(H2,18,19,21,24). The van der Waals surface area contributed by atoms with Crippen LogP contribution in [0.2, 0.25) is 5.02 Å². The van der Waals surface area contributed by atoms with E-state index in [1.54, 1.807) is 18.2 Å². The van der Waals surface area contributed by atoms with Crippen LogP contribution in [0.1, 0.15) is 15.9 Å². The summed E-state index contributed by atoms with van der Waals surface area (Å²) in [6, 6.07) is 9.21. The van der Waals surface area contributed by atoms with Crippen LogP contribution in [0.15, 0.2) is 40.9 Å². The topological polar surface area (TPSA) is 84.3 Å². The number of hydrogen-bond acceptors (Lipinski definition) is 4. The van der Waals surface area contributed by atoms with E-state index in [-0.39, 0.29) is 21.5 Å². The normalized spacial score (nSPS) is 10.1. The highest BCUT2D eigenvalue weighted by Gasteiger charge is 2.16. The molecule has 24 heavy (non-hydrogen) atoms. The fourth-order valence-corrected chi connectivity index (χ4v) is 2.57. The first kappa shape index (κ1) is 18.3. The maximum absolute atomic E-state index is 12.2. The quantitative estimate of drug-likeness (QED) is 0.429. The minimum atomic E-state index is -0.588. The molecule has 9 heteroatoms. The van der Waals surface area contributed by atoms with Gasteiger partial charge in [0.15, 0.2) is 5.11 Å². The van der Waals surface area contributed by atoms with Crippen molar-refractivity contribution in [1.82, 2.24) is 5.32 Å². The summed E-state index contributed by atoms with van der Waals surface area (Å²) in [5, 5.41) is 16.3. The zero-order chi connectivity index (χ0) is 17.9. The number of benzene rings is 2. The summed E-state index contributed by atoms with van der Waals surface area (Å²) >= 11 is 14.1. The van der Waals surface area contributed by atoms with E-state index in [4.69, 9.17) is 23.8 Å². The van der Waals surface area contributed by atoms with Crippen LogP contribution < -0.4 is 10.6 Å². The van der Waals surface area contributed by atoms with Gasteiger partial charge in [-0.15, -0.1) is 0 Å². The monoisotopic (exact) mass is 427 g/mol. The molecular weight excluding hydrogens is 418 g/mol. The van der Waals surface area contributed by atoms with E-state index in [2.05, 4.69) is 26.6 Å². The van der Waals surface area contributed by atoms with E-state index in [1.807, 2.05) is 6.92 Å². The molecule has 0 fully saturated rings. The first-order valence-corrected chi connectivity index (χ1v) is 8.18.